The number of aliphatic hydroxyl groups is 1. The molecule has 0 saturated carbocycles. The number of benzene rings is 2. The minimum atomic E-state index is -4.53. The van der Waals surface area contributed by atoms with E-state index < -0.39 is 23.4 Å². The molecule has 3 nitrogen and oxygen atoms in total. The van der Waals surface area contributed by atoms with Gasteiger partial charge in [-0.25, -0.2) is 8.78 Å². The van der Waals surface area contributed by atoms with Crippen LogP contribution >= 0.6 is 0 Å². The molecule has 0 spiro atoms. The molecule has 0 aliphatic carbocycles. The van der Waals surface area contributed by atoms with E-state index >= 15 is 0 Å². The number of fused-ring (bicyclic) bond motifs is 1. The molecule has 0 aliphatic heterocycles. The van der Waals surface area contributed by atoms with Crippen LogP contribution in [0.5, 0.6) is 0 Å². The molecular formula is C17H13F5N2O. The molecule has 132 valence electrons. The fourth-order valence-electron chi connectivity index (χ4n) is 2.64. The average molecular weight is 356 g/mol. The highest BCUT2D eigenvalue weighted by Gasteiger charge is 2.31. The van der Waals surface area contributed by atoms with Crippen LogP contribution in [0.2, 0.25) is 0 Å². The third-order valence-corrected chi connectivity index (χ3v) is 3.84. The fraction of sp³-hybridized carbons (Fsp3) is 0.235. The van der Waals surface area contributed by atoms with Crippen molar-refractivity contribution < 1.29 is 27.1 Å². The monoisotopic (exact) mass is 356 g/mol. The van der Waals surface area contributed by atoms with Gasteiger partial charge in [0, 0.05) is 30.0 Å². The standard InChI is InChI=1S/C17H13F5N2O/c18-12-3-1-10(14(19)8-12)9-24-16-7-11(17(20,21)22)2-4-13(16)15(23-24)5-6-25/h1-4,7-8,25H,5-6,9H2. The molecule has 0 unspecified atom stereocenters. The van der Waals surface area contributed by atoms with E-state index in [1.54, 1.807) is 0 Å². The lowest BCUT2D eigenvalue weighted by molar-refractivity contribution is -0.137. The van der Waals surface area contributed by atoms with Crippen molar-refractivity contribution in [3.63, 3.8) is 0 Å². The van der Waals surface area contributed by atoms with E-state index in [0.29, 0.717) is 17.1 Å². The topological polar surface area (TPSA) is 38.1 Å². The fourth-order valence-corrected chi connectivity index (χ4v) is 2.64. The van der Waals surface area contributed by atoms with Crippen LogP contribution in [0.1, 0.15) is 16.8 Å². The molecule has 0 amide bonds. The maximum absolute atomic E-state index is 13.9. The third-order valence-electron chi connectivity index (χ3n) is 3.84. The lowest BCUT2D eigenvalue weighted by Gasteiger charge is -2.09. The van der Waals surface area contributed by atoms with E-state index in [0.717, 1.165) is 18.2 Å². The Balaban J connectivity index is 2.12. The third kappa shape index (κ3) is 3.48. The Labute approximate surface area is 139 Å². The van der Waals surface area contributed by atoms with Crippen LogP contribution < -0.4 is 0 Å². The average Bonchev–Trinajstić information content (AvgIpc) is 2.87. The van der Waals surface area contributed by atoms with Gasteiger partial charge in [-0.2, -0.15) is 18.3 Å². The number of alkyl halides is 3. The number of aromatic nitrogens is 2. The largest absolute Gasteiger partial charge is 0.416 e. The first kappa shape index (κ1) is 17.3. The number of nitrogens with zero attached hydrogens (tertiary/aromatic N) is 2. The van der Waals surface area contributed by atoms with Crippen molar-refractivity contribution >= 4 is 10.9 Å². The maximum Gasteiger partial charge on any atom is 0.416 e. The molecule has 3 aromatic rings. The second kappa shape index (κ2) is 6.44. The molecule has 25 heavy (non-hydrogen) atoms. The number of rotatable bonds is 4. The van der Waals surface area contributed by atoms with Crippen molar-refractivity contribution in [1.82, 2.24) is 9.78 Å². The van der Waals surface area contributed by atoms with Crippen LogP contribution in [0.3, 0.4) is 0 Å². The smallest absolute Gasteiger partial charge is 0.396 e. The quantitative estimate of drug-likeness (QED) is 0.720. The lowest BCUT2D eigenvalue weighted by atomic mass is 10.1. The molecule has 3 rings (SSSR count). The zero-order valence-corrected chi connectivity index (χ0v) is 12.8. The van der Waals surface area contributed by atoms with Crippen LogP contribution in [0.15, 0.2) is 36.4 Å². The van der Waals surface area contributed by atoms with Gasteiger partial charge in [-0.3, -0.25) is 4.68 Å². The van der Waals surface area contributed by atoms with E-state index in [-0.39, 0.29) is 30.7 Å². The summed E-state index contributed by atoms with van der Waals surface area (Å²) in [4.78, 5) is 0. The Kier molecular flexibility index (Phi) is 4.47. The van der Waals surface area contributed by atoms with Gasteiger partial charge in [-0.15, -0.1) is 0 Å². The summed E-state index contributed by atoms with van der Waals surface area (Å²) in [5.74, 6) is -1.55. The van der Waals surface area contributed by atoms with Gasteiger partial charge in [0.25, 0.3) is 0 Å². The maximum atomic E-state index is 13.9. The highest BCUT2D eigenvalue weighted by molar-refractivity contribution is 5.83. The van der Waals surface area contributed by atoms with E-state index in [1.807, 2.05) is 0 Å². The van der Waals surface area contributed by atoms with E-state index in [2.05, 4.69) is 5.10 Å². The minimum absolute atomic E-state index is 0.0961. The summed E-state index contributed by atoms with van der Waals surface area (Å²) in [6.45, 7) is -0.382. The zero-order chi connectivity index (χ0) is 18.2. The first-order valence-corrected chi connectivity index (χ1v) is 7.41. The molecule has 0 aliphatic rings. The van der Waals surface area contributed by atoms with E-state index in [1.165, 1.54) is 16.8 Å². The summed E-state index contributed by atoms with van der Waals surface area (Å²) in [5.41, 5.74) is -0.175. The Morgan fingerprint density at radius 3 is 2.44 bits per heavy atom. The predicted octanol–water partition coefficient (Wildman–Crippen LogP) is 3.92. The van der Waals surface area contributed by atoms with Crippen LogP contribution in [0.4, 0.5) is 22.0 Å². The van der Waals surface area contributed by atoms with Crippen molar-refractivity contribution in [2.45, 2.75) is 19.1 Å². The van der Waals surface area contributed by atoms with Crippen molar-refractivity contribution in [1.29, 1.82) is 0 Å². The summed E-state index contributed by atoms with van der Waals surface area (Å²) in [7, 11) is 0. The Morgan fingerprint density at radius 2 is 1.80 bits per heavy atom. The number of aliphatic hydroxyl groups excluding tert-OH is 1. The van der Waals surface area contributed by atoms with Crippen LogP contribution in [0, 0.1) is 11.6 Å². The molecule has 1 heterocycles. The summed E-state index contributed by atoms with van der Waals surface area (Å²) in [6.07, 6.45) is -4.37. The lowest BCUT2D eigenvalue weighted by Crippen LogP contribution is -2.07. The van der Waals surface area contributed by atoms with Gasteiger partial charge in [0.1, 0.15) is 11.6 Å². The molecule has 0 atom stereocenters. The first-order chi connectivity index (χ1) is 11.8. The zero-order valence-electron chi connectivity index (χ0n) is 12.8. The Hall–Kier alpha value is -2.48. The van der Waals surface area contributed by atoms with Crippen molar-refractivity contribution in [2.75, 3.05) is 6.61 Å². The van der Waals surface area contributed by atoms with Gasteiger partial charge in [-0.1, -0.05) is 12.1 Å². The molecule has 0 fully saturated rings. The van der Waals surface area contributed by atoms with E-state index in [4.69, 9.17) is 5.11 Å². The van der Waals surface area contributed by atoms with Crippen LogP contribution in [0.25, 0.3) is 10.9 Å². The van der Waals surface area contributed by atoms with Crippen LogP contribution in [-0.2, 0) is 19.1 Å². The van der Waals surface area contributed by atoms with Gasteiger partial charge < -0.3 is 5.11 Å². The Bertz CT molecular complexity index is 917. The molecule has 1 aromatic heterocycles. The van der Waals surface area contributed by atoms with Gasteiger partial charge in [-0.05, 0) is 18.2 Å². The minimum Gasteiger partial charge on any atom is -0.396 e. The van der Waals surface area contributed by atoms with Gasteiger partial charge in [0.15, 0.2) is 0 Å². The number of hydrogen-bond acceptors (Lipinski definition) is 2. The summed E-state index contributed by atoms with van der Waals surface area (Å²) in [6, 6.07) is 6.15. The molecule has 0 bridgehead atoms. The number of hydrogen-bond donors (Lipinski definition) is 1. The predicted molar refractivity (Wildman–Crippen MR) is 81.0 cm³/mol. The van der Waals surface area contributed by atoms with E-state index in [9.17, 15) is 22.0 Å². The van der Waals surface area contributed by atoms with Crippen molar-refractivity contribution in [2.24, 2.45) is 0 Å². The molecule has 0 radical (unpaired) electrons. The Morgan fingerprint density at radius 1 is 1.04 bits per heavy atom. The first-order valence-electron chi connectivity index (χ1n) is 7.41. The number of halogens is 5. The van der Waals surface area contributed by atoms with Gasteiger partial charge in [0.2, 0.25) is 0 Å². The SMILES string of the molecule is OCCc1nn(Cc2ccc(F)cc2F)c2cc(C(F)(F)F)ccc12. The summed E-state index contributed by atoms with van der Waals surface area (Å²) in [5, 5.41) is 13.7. The van der Waals surface area contributed by atoms with Crippen molar-refractivity contribution in [3.8, 4) is 0 Å². The van der Waals surface area contributed by atoms with Crippen LogP contribution in [-0.4, -0.2) is 21.5 Å². The normalized spacial score (nSPS) is 12.1. The second-order valence-electron chi connectivity index (χ2n) is 5.54. The highest BCUT2D eigenvalue weighted by Crippen LogP contribution is 2.32. The molecule has 0 saturated heterocycles. The molecular weight excluding hydrogens is 343 g/mol. The summed E-state index contributed by atoms with van der Waals surface area (Å²) < 4.78 is 67.0. The highest BCUT2D eigenvalue weighted by atomic mass is 19.4. The summed E-state index contributed by atoms with van der Waals surface area (Å²) >= 11 is 0. The van der Waals surface area contributed by atoms with Gasteiger partial charge >= 0.3 is 6.18 Å². The molecule has 2 aromatic carbocycles. The van der Waals surface area contributed by atoms with Gasteiger partial charge in [0.05, 0.1) is 23.3 Å². The van der Waals surface area contributed by atoms with Crippen molar-refractivity contribution in [3.05, 3.63) is 64.9 Å². The second-order valence-corrected chi connectivity index (χ2v) is 5.54. The molecule has 8 heteroatoms. The molecule has 1 N–H and O–H groups in total.